The zero-order chi connectivity index (χ0) is 22.0. The summed E-state index contributed by atoms with van der Waals surface area (Å²) in [4.78, 5) is 7.69. The van der Waals surface area contributed by atoms with Crippen LogP contribution in [0.4, 0.5) is 5.95 Å². The summed E-state index contributed by atoms with van der Waals surface area (Å²) >= 11 is 0. The van der Waals surface area contributed by atoms with E-state index in [-0.39, 0.29) is 11.7 Å². The summed E-state index contributed by atoms with van der Waals surface area (Å²) in [6.45, 7) is 4.23. The Hall–Kier alpha value is -2.37. The topological polar surface area (TPSA) is 59.1 Å². The summed E-state index contributed by atoms with van der Waals surface area (Å²) in [6, 6.07) is 20.2. The van der Waals surface area contributed by atoms with Gasteiger partial charge in [0, 0.05) is 24.7 Å². The van der Waals surface area contributed by atoms with Crippen molar-refractivity contribution >= 4 is 17.0 Å². The molecule has 2 aliphatic rings. The number of nitrogens with two attached hydrogens (primary N) is 1. The number of benzene rings is 2. The summed E-state index contributed by atoms with van der Waals surface area (Å²) in [5, 5.41) is 3.39. The first-order valence-corrected chi connectivity index (χ1v) is 12.5. The number of para-hydroxylation sites is 2. The van der Waals surface area contributed by atoms with E-state index in [9.17, 15) is 0 Å². The molecule has 2 heterocycles. The highest BCUT2D eigenvalue weighted by Gasteiger charge is 2.40. The van der Waals surface area contributed by atoms with Crippen LogP contribution in [0.25, 0.3) is 11.0 Å². The molecule has 170 valence electrons. The Balaban J connectivity index is 1.42. The van der Waals surface area contributed by atoms with Gasteiger partial charge in [0.2, 0.25) is 5.95 Å². The molecule has 2 aromatic carbocycles. The maximum absolute atomic E-state index is 6.09. The molecule has 5 rings (SSSR count). The third-order valence-corrected chi connectivity index (χ3v) is 7.63. The van der Waals surface area contributed by atoms with E-state index in [2.05, 4.69) is 69.4 Å². The molecular weight excluding hydrogens is 394 g/mol. The van der Waals surface area contributed by atoms with Crippen LogP contribution in [0.1, 0.15) is 69.9 Å². The molecule has 0 radical (unpaired) electrons. The highest BCUT2D eigenvalue weighted by molar-refractivity contribution is 5.78. The van der Waals surface area contributed by atoms with Crippen molar-refractivity contribution in [2.45, 2.75) is 76.0 Å². The van der Waals surface area contributed by atoms with Gasteiger partial charge in [-0.05, 0) is 50.3 Å². The van der Waals surface area contributed by atoms with Gasteiger partial charge < -0.3 is 15.6 Å². The van der Waals surface area contributed by atoms with Crippen LogP contribution in [-0.4, -0.2) is 33.7 Å². The minimum Gasteiger partial charge on any atom is -0.341 e. The largest absolute Gasteiger partial charge is 0.341 e. The smallest absolute Gasteiger partial charge is 0.205 e. The lowest BCUT2D eigenvalue weighted by atomic mass is 9.79. The second kappa shape index (κ2) is 9.24. The van der Waals surface area contributed by atoms with Crippen molar-refractivity contribution in [3.63, 3.8) is 0 Å². The molecule has 1 aromatic heterocycles. The molecule has 3 aromatic rings. The van der Waals surface area contributed by atoms with Crippen molar-refractivity contribution in [1.82, 2.24) is 14.5 Å². The molecule has 5 nitrogen and oxygen atoms in total. The van der Waals surface area contributed by atoms with E-state index in [4.69, 9.17) is 10.7 Å². The lowest BCUT2D eigenvalue weighted by Gasteiger charge is -2.48. The molecule has 1 saturated carbocycles. The molecule has 1 saturated heterocycles. The molecule has 0 amide bonds. The molecule has 32 heavy (non-hydrogen) atoms. The maximum atomic E-state index is 6.09. The Morgan fingerprint density at radius 1 is 0.938 bits per heavy atom. The lowest BCUT2D eigenvalue weighted by molar-refractivity contribution is 0.0362. The molecule has 5 heteroatoms. The Kier molecular flexibility index (Phi) is 6.20. The lowest BCUT2D eigenvalue weighted by Crippen LogP contribution is -2.50. The third kappa shape index (κ3) is 4.04. The van der Waals surface area contributed by atoms with Crippen LogP contribution < -0.4 is 11.1 Å². The SMILES string of the molecule is CC(N)Nc1nc2ccccc2n1C1CCN(C2(c3ccccc3)CCCCCC2)CC1. The van der Waals surface area contributed by atoms with Crippen molar-refractivity contribution in [3.05, 3.63) is 60.2 Å². The number of fused-ring (bicyclic) bond motifs is 1. The number of imidazole rings is 1. The normalized spacial score (nSPS) is 21.3. The Bertz CT molecular complexity index is 1010. The van der Waals surface area contributed by atoms with Gasteiger partial charge in [0.05, 0.1) is 17.2 Å². The summed E-state index contributed by atoms with van der Waals surface area (Å²) < 4.78 is 2.41. The van der Waals surface area contributed by atoms with Crippen molar-refractivity contribution in [3.8, 4) is 0 Å². The molecular formula is C27H37N5. The average molecular weight is 432 g/mol. The van der Waals surface area contributed by atoms with Crippen LogP contribution in [-0.2, 0) is 5.54 Å². The number of anilines is 1. The molecule has 1 unspecified atom stereocenters. The Morgan fingerprint density at radius 2 is 1.59 bits per heavy atom. The number of piperidine rings is 1. The van der Waals surface area contributed by atoms with Crippen LogP contribution in [0.2, 0.25) is 0 Å². The highest BCUT2D eigenvalue weighted by Crippen LogP contribution is 2.44. The van der Waals surface area contributed by atoms with Gasteiger partial charge in [-0.1, -0.05) is 68.1 Å². The van der Waals surface area contributed by atoms with E-state index in [0.29, 0.717) is 6.04 Å². The fraction of sp³-hybridized carbons (Fsp3) is 0.519. The summed E-state index contributed by atoms with van der Waals surface area (Å²) in [5.41, 5.74) is 10.1. The van der Waals surface area contributed by atoms with Gasteiger partial charge in [-0.15, -0.1) is 0 Å². The number of hydrogen-bond acceptors (Lipinski definition) is 4. The summed E-state index contributed by atoms with van der Waals surface area (Å²) in [6.07, 6.45) is 10.1. The zero-order valence-electron chi connectivity index (χ0n) is 19.3. The van der Waals surface area contributed by atoms with Gasteiger partial charge in [-0.25, -0.2) is 4.98 Å². The van der Waals surface area contributed by atoms with Gasteiger partial charge >= 0.3 is 0 Å². The molecule has 1 aliphatic carbocycles. The highest BCUT2D eigenvalue weighted by atomic mass is 15.3. The van der Waals surface area contributed by atoms with E-state index >= 15 is 0 Å². The van der Waals surface area contributed by atoms with Crippen LogP contribution in [0.15, 0.2) is 54.6 Å². The van der Waals surface area contributed by atoms with Gasteiger partial charge in [0.15, 0.2) is 0 Å². The number of aromatic nitrogens is 2. The minimum absolute atomic E-state index is 0.127. The predicted octanol–water partition coefficient (Wildman–Crippen LogP) is 5.64. The number of rotatable bonds is 5. The fourth-order valence-corrected chi connectivity index (χ4v) is 6.12. The molecule has 0 bridgehead atoms. The molecule has 1 atom stereocenters. The first-order chi connectivity index (χ1) is 15.7. The zero-order valence-corrected chi connectivity index (χ0v) is 19.3. The van der Waals surface area contributed by atoms with E-state index in [1.807, 2.05) is 6.92 Å². The van der Waals surface area contributed by atoms with E-state index in [0.717, 1.165) is 37.4 Å². The quantitative estimate of drug-likeness (QED) is 0.405. The number of hydrogen-bond donors (Lipinski definition) is 2. The summed E-state index contributed by atoms with van der Waals surface area (Å²) in [5.74, 6) is 0.909. The van der Waals surface area contributed by atoms with E-state index < -0.39 is 0 Å². The van der Waals surface area contributed by atoms with E-state index in [1.165, 1.54) is 49.6 Å². The van der Waals surface area contributed by atoms with Crippen molar-refractivity contribution in [1.29, 1.82) is 0 Å². The Morgan fingerprint density at radius 3 is 2.28 bits per heavy atom. The van der Waals surface area contributed by atoms with E-state index in [1.54, 1.807) is 0 Å². The standard InChI is InChI=1S/C27H37N5/c1-21(28)29-26-30-24-13-7-8-14-25(24)32(26)23-15-19-31(20-16-23)27(17-9-2-3-10-18-27)22-11-5-4-6-12-22/h4-8,11-14,21,23H,2-3,9-10,15-20,28H2,1H3,(H,29,30). The first-order valence-electron chi connectivity index (χ1n) is 12.5. The summed E-state index contributed by atoms with van der Waals surface area (Å²) in [7, 11) is 0. The molecule has 3 N–H and O–H groups in total. The Labute approximate surface area is 192 Å². The van der Waals surface area contributed by atoms with Gasteiger partial charge in [0.1, 0.15) is 0 Å². The van der Waals surface area contributed by atoms with Gasteiger partial charge in [0.25, 0.3) is 0 Å². The van der Waals surface area contributed by atoms with Gasteiger partial charge in [-0.3, -0.25) is 4.90 Å². The third-order valence-electron chi connectivity index (χ3n) is 7.63. The predicted molar refractivity (Wildman–Crippen MR) is 133 cm³/mol. The van der Waals surface area contributed by atoms with Crippen molar-refractivity contribution < 1.29 is 0 Å². The van der Waals surface area contributed by atoms with Crippen molar-refractivity contribution in [2.75, 3.05) is 18.4 Å². The van der Waals surface area contributed by atoms with Crippen LogP contribution in [0, 0.1) is 0 Å². The number of nitrogens with zero attached hydrogens (tertiary/aromatic N) is 3. The minimum atomic E-state index is -0.127. The van der Waals surface area contributed by atoms with Crippen molar-refractivity contribution in [2.24, 2.45) is 5.73 Å². The van der Waals surface area contributed by atoms with Gasteiger partial charge in [-0.2, -0.15) is 0 Å². The molecule has 1 aliphatic heterocycles. The fourth-order valence-electron chi connectivity index (χ4n) is 6.12. The van der Waals surface area contributed by atoms with Crippen LogP contribution in [0.5, 0.6) is 0 Å². The average Bonchev–Trinajstić information content (AvgIpc) is 2.99. The monoisotopic (exact) mass is 431 g/mol. The second-order valence-corrected chi connectivity index (χ2v) is 9.76. The number of likely N-dealkylation sites (tertiary alicyclic amines) is 1. The molecule has 0 spiro atoms. The number of nitrogens with one attached hydrogen (secondary N) is 1. The first kappa shape index (κ1) is 21.5. The van der Waals surface area contributed by atoms with Crippen LogP contribution >= 0.6 is 0 Å². The van der Waals surface area contributed by atoms with Crippen LogP contribution in [0.3, 0.4) is 0 Å². The second-order valence-electron chi connectivity index (χ2n) is 9.76. The maximum Gasteiger partial charge on any atom is 0.205 e. The molecule has 2 fully saturated rings.